The van der Waals surface area contributed by atoms with Crippen molar-refractivity contribution in [3.05, 3.63) is 0 Å². The van der Waals surface area contributed by atoms with Crippen molar-refractivity contribution in [1.82, 2.24) is 0 Å². The van der Waals surface area contributed by atoms with Gasteiger partial charge in [-0.05, 0) is 80.4 Å². The van der Waals surface area contributed by atoms with Gasteiger partial charge in [0.15, 0.2) is 0 Å². The molecule has 5 N–H and O–H groups in total. The Morgan fingerprint density at radius 2 is 1.92 bits per heavy atom. The molecule has 0 aromatic rings. The molecule has 150 valence electrons. The van der Waals surface area contributed by atoms with E-state index >= 15 is 0 Å². The predicted molar refractivity (Wildman–Crippen MR) is 97.2 cm³/mol. The summed E-state index contributed by atoms with van der Waals surface area (Å²) in [6.07, 6.45) is -6.76. The Balaban J connectivity index is 1.74. The van der Waals surface area contributed by atoms with E-state index in [-0.39, 0.29) is 31.1 Å². The smallest absolute Gasteiger partial charge is 0.106 e. The first kappa shape index (κ1) is 13.9. The molecule has 4 aliphatic rings. The van der Waals surface area contributed by atoms with Gasteiger partial charge in [0.1, 0.15) is 6.10 Å². The van der Waals surface area contributed by atoms with Crippen LogP contribution in [0.25, 0.3) is 0 Å². The highest BCUT2D eigenvalue weighted by atomic mass is 16.4. The van der Waals surface area contributed by atoms with E-state index < -0.39 is 65.9 Å². The molecule has 5 heteroatoms. The number of aliphatic hydroxyl groups is 5. The van der Waals surface area contributed by atoms with Gasteiger partial charge in [0.05, 0.1) is 25.8 Å². The van der Waals surface area contributed by atoms with E-state index in [1.807, 2.05) is 6.92 Å². The Kier molecular flexibility index (Phi) is 3.28. The minimum absolute atomic E-state index is 0.0503. The summed E-state index contributed by atoms with van der Waals surface area (Å²) in [6.45, 7) is 1.78. The van der Waals surface area contributed by atoms with Gasteiger partial charge in [0.25, 0.3) is 0 Å². The van der Waals surface area contributed by atoms with E-state index in [9.17, 15) is 25.5 Å². The maximum absolute atomic E-state index is 11.4. The molecule has 1 unspecified atom stereocenters. The van der Waals surface area contributed by atoms with Crippen molar-refractivity contribution >= 4 is 0 Å². The van der Waals surface area contributed by atoms with Crippen LogP contribution in [0.15, 0.2) is 0 Å². The first-order valence-electron chi connectivity index (χ1n) is 12.5. The zero-order chi connectivity index (χ0) is 23.4. The van der Waals surface area contributed by atoms with Gasteiger partial charge in [0, 0.05) is 10.9 Å². The molecule has 4 rings (SSSR count). The van der Waals surface area contributed by atoms with Crippen LogP contribution >= 0.6 is 0 Å². The van der Waals surface area contributed by atoms with Crippen LogP contribution in [0.4, 0.5) is 0 Å². The standard InChI is InChI=1S/C21H36O5/c1-19-7-5-13(23)9-12(19)3-4-14-15-6-8-21(26,17(25)11-22)20(15,2)10-16(24)18(14)19/h12-18,22-26H,3-11H2,1-2H3/t12-,13-,14+,15+,16+,17+,18-,19+,20+,21+/m1/s1/i5D2,9D2,11D/t11?,12-,13-,14+,15+,16+,17+,18-,19+,20+,21+. The van der Waals surface area contributed by atoms with E-state index in [0.717, 1.165) is 0 Å². The number of fused-ring (bicyclic) bond motifs is 5. The average Bonchev–Trinajstić information content (AvgIpc) is 2.90. The Bertz CT molecular complexity index is 737. The summed E-state index contributed by atoms with van der Waals surface area (Å²) in [5.74, 6) is -1.22. The third-order valence-electron chi connectivity index (χ3n) is 8.68. The fourth-order valence-electron chi connectivity index (χ4n) is 7.33. The molecule has 0 bridgehead atoms. The maximum Gasteiger partial charge on any atom is 0.106 e. The largest absolute Gasteiger partial charge is 0.394 e. The minimum Gasteiger partial charge on any atom is -0.394 e. The number of rotatable bonds is 2. The van der Waals surface area contributed by atoms with Crippen molar-refractivity contribution in [2.45, 2.75) is 89.0 Å². The van der Waals surface area contributed by atoms with Crippen LogP contribution in [0, 0.1) is 34.5 Å². The Labute approximate surface area is 163 Å². The van der Waals surface area contributed by atoms with Gasteiger partial charge in [-0.25, -0.2) is 0 Å². The second kappa shape index (κ2) is 6.15. The Hall–Kier alpha value is -0.200. The molecular weight excluding hydrogens is 332 g/mol. The van der Waals surface area contributed by atoms with Crippen molar-refractivity contribution in [2.24, 2.45) is 34.5 Å². The second-order valence-corrected chi connectivity index (χ2v) is 9.63. The summed E-state index contributed by atoms with van der Waals surface area (Å²) in [5.41, 5.74) is -3.51. The van der Waals surface area contributed by atoms with Crippen molar-refractivity contribution in [1.29, 1.82) is 0 Å². The highest BCUT2D eigenvalue weighted by molar-refractivity contribution is 5.17. The van der Waals surface area contributed by atoms with Crippen molar-refractivity contribution in [3.63, 3.8) is 0 Å². The van der Waals surface area contributed by atoms with Gasteiger partial charge in [-0.15, -0.1) is 0 Å². The normalized spacial score (nSPS) is 65.7. The monoisotopic (exact) mass is 373 g/mol. The summed E-state index contributed by atoms with van der Waals surface area (Å²) < 4.78 is 41.3. The molecule has 0 aromatic heterocycles. The summed E-state index contributed by atoms with van der Waals surface area (Å²) >= 11 is 0. The van der Waals surface area contributed by atoms with Crippen molar-refractivity contribution in [2.75, 3.05) is 6.58 Å². The molecule has 0 aliphatic heterocycles. The van der Waals surface area contributed by atoms with Crippen LogP contribution in [0.1, 0.15) is 72.0 Å². The summed E-state index contributed by atoms with van der Waals surface area (Å²) in [5, 5.41) is 53.4. The quantitative estimate of drug-likeness (QED) is 0.504. The van der Waals surface area contributed by atoms with Gasteiger partial charge in [-0.3, -0.25) is 0 Å². The maximum atomic E-state index is 11.4. The topological polar surface area (TPSA) is 101 Å². The van der Waals surface area contributed by atoms with Crippen molar-refractivity contribution < 1.29 is 32.4 Å². The van der Waals surface area contributed by atoms with Crippen LogP contribution in [0.2, 0.25) is 0 Å². The van der Waals surface area contributed by atoms with E-state index in [4.69, 9.17) is 6.85 Å². The highest BCUT2D eigenvalue weighted by Gasteiger charge is 2.68. The molecular formula is C21H36O5. The van der Waals surface area contributed by atoms with Gasteiger partial charge < -0.3 is 25.5 Å². The zero-order valence-corrected chi connectivity index (χ0v) is 15.6. The van der Waals surface area contributed by atoms with Gasteiger partial charge in [-0.2, -0.15) is 0 Å². The first-order valence-corrected chi connectivity index (χ1v) is 9.91. The third kappa shape index (κ3) is 2.33. The molecule has 0 saturated heterocycles. The summed E-state index contributed by atoms with van der Waals surface area (Å²) in [7, 11) is 0. The van der Waals surface area contributed by atoms with Gasteiger partial charge in [0.2, 0.25) is 0 Å². The molecule has 0 spiro atoms. The number of hydrogen-bond acceptors (Lipinski definition) is 5. The molecule has 4 saturated carbocycles. The van der Waals surface area contributed by atoms with E-state index in [1.54, 1.807) is 6.92 Å². The molecule has 0 aromatic carbocycles. The lowest BCUT2D eigenvalue weighted by Gasteiger charge is -2.63. The molecule has 0 amide bonds. The fraction of sp³-hybridized carbons (Fsp3) is 1.00. The molecule has 5 nitrogen and oxygen atoms in total. The molecule has 0 radical (unpaired) electrons. The molecule has 4 aliphatic carbocycles. The zero-order valence-electron chi connectivity index (χ0n) is 20.6. The lowest BCUT2D eigenvalue weighted by molar-refractivity contribution is -0.224. The average molecular weight is 374 g/mol. The fourth-order valence-corrected chi connectivity index (χ4v) is 7.33. The number of aliphatic hydroxyl groups excluding tert-OH is 4. The van der Waals surface area contributed by atoms with Crippen LogP contribution < -0.4 is 0 Å². The highest BCUT2D eigenvalue weighted by Crippen LogP contribution is 2.68. The second-order valence-electron chi connectivity index (χ2n) is 9.63. The minimum atomic E-state index is -2.13. The summed E-state index contributed by atoms with van der Waals surface area (Å²) in [6, 6.07) is 0. The Morgan fingerprint density at radius 1 is 1.19 bits per heavy atom. The number of hydrogen-bond donors (Lipinski definition) is 5. The molecule has 26 heavy (non-hydrogen) atoms. The van der Waals surface area contributed by atoms with Gasteiger partial charge in [-0.1, -0.05) is 13.8 Å². The van der Waals surface area contributed by atoms with E-state index in [0.29, 0.717) is 19.3 Å². The van der Waals surface area contributed by atoms with E-state index in [1.165, 1.54) is 0 Å². The van der Waals surface area contributed by atoms with Crippen LogP contribution in [0.3, 0.4) is 0 Å². The first-order chi connectivity index (χ1) is 14.0. The van der Waals surface area contributed by atoms with Gasteiger partial charge >= 0.3 is 0 Å². The predicted octanol–water partition coefficient (Wildman–Crippen LogP) is 1.45. The molecule has 4 fully saturated rings. The third-order valence-corrected chi connectivity index (χ3v) is 8.68. The summed E-state index contributed by atoms with van der Waals surface area (Å²) in [4.78, 5) is 0. The SMILES string of the molecule is [2H]C(O)[C@H](O)[C@@]1(O)CC[C@H]2[C@@H]3CC[C@@H]4C([2H])([2H])[C@H](O)C([2H])([2H])C[C@]4(C)[C@H]3[C@@H](O)C[C@@]21C. The molecule has 0 heterocycles. The van der Waals surface area contributed by atoms with Crippen LogP contribution in [0.5, 0.6) is 0 Å². The Morgan fingerprint density at radius 3 is 2.62 bits per heavy atom. The van der Waals surface area contributed by atoms with Crippen molar-refractivity contribution in [3.8, 4) is 0 Å². The lowest BCUT2D eigenvalue weighted by Crippen LogP contribution is -2.64. The molecule has 11 atom stereocenters. The van der Waals surface area contributed by atoms with E-state index in [2.05, 4.69) is 0 Å². The van der Waals surface area contributed by atoms with Crippen LogP contribution in [-0.4, -0.2) is 56.0 Å². The van der Waals surface area contributed by atoms with Crippen LogP contribution in [-0.2, 0) is 0 Å². The lowest BCUT2D eigenvalue weighted by atomic mass is 9.43.